The topological polar surface area (TPSA) is 133 Å². The SMILES string of the molecule is O=C(O)CC(NC(=O)c1cc(NC(=O)OCC2c3ccccc3-c3ccccc32)n[nH]1)C(F)F. The number of amides is 2. The molecule has 2 amide bonds. The summed E-state index contributed by atoms with van der Waals surface area (Å²) in [5.41, 5.74) is 4.03. The lowest BCUT2D eigenvalue weighted by molar-refractivity contribution is -0.138. The Bertz CT molecular complexity index is 1180. The number of aliphatic carboxylic acids is 1. The van der Waals surface area contributed by atoms with Gasteiger partial charge in [0.2, 0.25) is 0 Å². The molecule has 3 aromatic rings. The van der Waals surface area contributed by atoms with E-state index in [1.165, 1.54) is 0 Å². The maximum absolute atomic E-state index is 12.9. The van der Waals surface area contributed by atoms with E-state index in [0.717, 1.165) is 28.3 Å². The van der Waals surface area contributed by atoms with Gasteiger partial charge in [-0.2, -0.15) is 5.10 Å². The molecule has 0 bridgehead atoms. The molecule has 4 N–H and O–H groups in total. The third-order valence-corrected chi connectivity index (χ3v) is 5.41. The Balaban J connectivity index is 1.36. The summed E-state index contributed by atoms with van der Waals surface area (Å²) < 4.78 is 31.3. The summed E-state index contributed by atoms with van der Waals surface area (Å²) in [6.45, 7) is 0.0723. The average molecular weight is 470 g/mol. The number of carboxylic acid groups (broad SMARTS) is 1. The molecule has 34 heavy (non-hydrogen) atoms. The third kappa shape index (κ3) is 4.87. The van der Waals surface area contributed by atoms with E-state index in [4.69, 9.17) is 9.84 Å². The van der Waals surface area contributed by atoms with Crippen molar-refractivity contribution in [2.24, 2.45) is 0 Å². The summed E-state index contributed by atoms with van der Waals surface area (Å²) in [5, 5.41) is 19.0. The number of carbonyl (C=O) groups is 3. The van der Waals surface area contributed by atoms with Crippen LogP contribution >= 0.6 is 0 Å². The van der Waals surface area contributed by atoms with E-state index in [1.807, 2.05) is 53.8 Å². The van der Waals surface area contributed by atoms with E-state index in [0.29, 0.717) is 0 Å². The van der Waals surface area contributed by atoms with Crippen LogP contribution in [0.3, 0.4) is 0 Å². The number of carboxylic acids is 1. The fraction of sp³-hybridized carbons (Fsp3) is 0.217. The quantitative estimate of drug-likeness (QED) is 0.398. The van der Waals surface area contributed by atoms with Crippen LogP contribution in [0.15, 0.2) is 54.6 Å². The van der Waals surface area contributed by atoms with Gasteiger partial charge in [0.05, 0.1) is 6.42 Å². The molecule has 0 saturated heterocycles. The standard InChI is InChI=1S/C23H20F2N4O5/c24-21(25)17(10-20(30)31)26-22(32)18-9-19(29-28-18)27-23(33)34-11-16-14-7-3-1-5-12(14)13-6-2-4-8-15(13)16/h1-9,16-17,21H,10-11H2,(H,26,32)(H,30,31)(H2,27,28,29,33). The molecular weight excluding hydrogens is 450 g/mol. The lowest BCUT2D eigenvalue weighted by Gasteiger charge is -2.15. The maximum Gasteiger partial charge on any atom is 0.412 e. The van der Waals surface area contributed by atoms with E-state index >= 15 is 0 Å². The molecule has 1 atom stereocenters. The number of ether oxygens (including phenoxy) is 1. The van der Waals surface area contributed by atoms with Gasteiger partial charge in [0.15, 0.2) is 5.82 Å². The van der Waals surface area contributed by atoms with Crippen LogP contribution in [0.1, 0.15) is 34.0 Å². The fourth-order valence-corrected chi connectivity index (χ4v) is 3.88. The van der Waals surface area contributed by atoms with Crippen molar-refractivity contribution in [3.63, 3.8) is 0 Å². The molecule has 2 aromatic carbocycles. The first-order chi connectivity index (χ1) is 16.3. The van der Waals surface area contributed by atoms with E-state index in [-0.39, 0.29) is 24.0 Å². The molecule has 0 fully saturated rings. The molecule has 1 aromatic heterocycles. The van der Waals surface area contributed by atoms with Crippen molar-refractivity contribution in [1.82, 2.24) is 15.5 Å². The Labute approximate surface area is 192 Å². The maximum atomic E-state index is 12.9. The molecule has 11 heteroatoms. The lowest BCUT2D eigenvalue weighted by Crippen LogP contribution is -2.41. The van der Waals surface area contributed by atoms with Crippen LogP contribution in [0.25, 0.3) is 11.1 Å². The number of aromatic nitrogens is 2. The summed E-state index contributed by atoms with van der Waals surface area (Å²) in [7, 11) is 0. The van der Waals surface area contributed by atoms with Crippen LogP contribution in [0.2, 0.25) is 0 Å². The normalized spacial score (nSPS) is 13.1. The van der Waals surface area contributed by atoms with E-state index in [2.05, 4.69) is 15.5 Å². The van der Waals surface area contributed by atoms with Crippen molar-refractivity contribution in [1.29, 1.82) is 0 Å². The molecule has 0 radical (unpaired) electrons. The zero-order valence-corrected chi connectivity index (χ0v) is 17.6. The predicted octanol–water partition coefficient (Wildman–Crippen LogP) is 3.61. The highest BCUT2D eigenvalue weighted by Crippen LogP contribution is 2.44. The van der Waals surface area contributed by atoms with Gasteiger partial charge in [-0.3, -0.25) is 20.0 Å². The number of hydrogen-bond donors (Lipinski definition) is 4. The number of aromatic amines is 1. The van der Waals surface area contributed by atoms with Gasteiger partial charge >= 0.3 is 12.1 Å². The second-order valence-electron chi connectivity index (χ2n) is 7.63. The molecule has 176 valence electrons. The van der Waals surface area contributed by atoms with Crippen LogP contribution in [0, 0.1) is 0 Å². The number of carbonyl (C=O) groups excluding carboxylic acids is 2. The van der Waals surface area contributed by atoms with Gasteiger partial charge in [-0.1, -0.05) is 48.5 Å². The molecule has 1 unspecified atom stereocenters. The Morgan fingerprint density at radius 1 is 1.06 bits per heavy atom. The first-order valence-electron chi connectivity index (χ1n) is 10.3. The van der Waals surface area contributed by atoms with Crippen LogP contribution in [0.5, 0.6) is 0 Å². The van der Waals surface area contributed by atoms with Crippen LogP contribution < -0.4 is 10.6 Å². The number of H-pyrrole nitrogens is 1. The van der Waals surface area contributed by atoms with Crippen LogP contribution in [-0.2, 0) is 9.53 Å². The van der Waals surface area contributed by atoms with Gasteiger partial charge in [-0.25, -0.2) is 13.6 Å². The largest absolute Gasteiger partial charge is 0.481 e. The Morgan fingerprint density at radius 2 is 1.68 bits per heavy atom. The van der Waals surface area contributed by atoms with Crippen LogP contribution in [-0.4, -0.2) is 52.3 Å². The summed E-state index contributed by atoms with van der Waals surface area (Å²) in [6, 6.07) is 15.0. The van der Waals surface area contributed by atoms with Crippen molar-refractivity contribution >= 4 is 23.8 Å². The summed E-state index contributed by atoms with van der Waals surface area (Å²) in [6.07, 6.45) is -4.82. The van der Waals surface area contributed by atoms with Crippen molar-refractivity contribution < 1.29 is 33.0 Å². The zero-order chi connectivity index (χ0) is 24.2. The number of fused-ring (bicyclic) bond motifs is 3. The van der Waals surface area contributed by atoms with Gasteiger partial charge in [0.25, 0.3) is 12.3 Å². The number of nitrogens with zero attached hydrogens (tertiary/aromatic N) is 1. The number of halogens is 2. The number of alkyl halides is 2. The molecule has 1 heterocycles. The average Bonchev–Trinajstić information content (AvgIpc) is 3.39. The molecule has 0 aliphatic heterocycles. The zero-order valence-electron chi connectivity index (χ0n) is 17.6. The van der Waals surface area contributed by atoms with E-state index in [9.17, 15) is 23.2 Å². The Hall–Kier alpha value is -4.28. The highest BCUT2D eigenvalue weighted by Gasteiger charge is 2.29. The highest BCUT2D eigenvalue weighted by molar-refractivity contribution is 5.94. The summed E-state index contributed by atoms with van der Waals surface area (Å²) >= 11 is 0. The minimum atomic E-state index is -3.07. The van der Waals surface area contributed by atoms with Gasteiger partial charge in [-0.05, 0) is 22.3 Å². The summed E-state index contributed by atoms with van der Waals surface area (Å²) in [4.78, 5) is 35.1. The molecule has 1 aliphatic rings. The Morgan fingerprint density at radius 3 is 2.26 bits per heavy atom. The number of rotatable bonds is 8. The van der Waals surface area contributed by atoms with Crippen molar-refractivity contribution in [3.8, 4) is 11.1 Å². The summed E-state index contributed by atoms with van der Waals surface area (Å²) in [5.74, 6) is -2.67. The van der Waals surface area contributed by atoms with Gasteiger partial charge in [0.1, 0.15) is 18.3 Å². The van der Waals surface area contributed by atoms with Gasteiger partial charge < -0.3 is 15.2 Å². The first kappa shape index (κ1) is 22.9. The van der Waals surface area contributed by atoms with Gasteiger partial charge in [-0.15, -0.1) is 0 Å². The van der Waals surface area contributed by atoms with E-state index in [1.54, 1.807) is 0 Å². The number of hydrogen-bond acceptors (Lipinski definition) is 5. The third-order valence-electron chi connectivity index (χ3n) is 5.41. The molecule has 1 aliphatic carbocycles. The molecule has 0 spiro atoms. The van der Waals surface area contributed by atoms with Gasteiger partial charge in [0, 0.05) is 12.0 Å². The van der Waals surface area contributed by atoms with Crippen molar-refractivity contribution in [2.75, 3.05) is 11.9 Å². The molecule has 9 nitrogen and oxygen atoms in total. The monoisotopic (exact) mass is 470 g/mol. The number of nitrogens with one attached hydrogen (secondary N) is 3. The minimum absolute atomic E-state index is 0.0609. The first-order valence-corrected chi connectivity index (χ1v) is 10.3. The molecule has 4 rings (SSSR count). The van der Waals surface area contributed by atoms with Crippen molar-refractivity contribution in [3.05, 3.63) is 71.4 Å². The smallest absolute Gasteiger partial charge is 0.412 e. The fourth-order valence-electron chi connectivity index (χ4n) is 3.88. The molecule has 0 saturated carbocycles. The second kappa shape index (κ2) is 9.69. The number of benzene rings is 2. The lowest BCUT2D eigenvalue weighted by atomic mass is 9.98. The second-order valence-corrected chi connectivity index (χ2v) is 7.63. The Kier molecular flexibility index (Phi) is 6.53. The number of anilines is 1. The van der Waals surface area contributed by atoms with Crippen LogP contribution in [0.4, 0.5) is 19.4 Å². The predicted molar refractivity (Wildman–Crippen MR) is 117 cm³/mol. The van der Waals surface area contributed by atoms with Crippen molar-refractivity contribution in [2.45, 2.75) is 24.8 Å². The van der Waals surface area contributed by atoms with E-state index < -0.39 is 36.9 Å². The minimum Gasteiger partial charge on any atom is -0.481 e. The highest BCUT2D eigenvalue weighted by atomic mass is 19.3. The molecular formula is C23H20F2N4O5.